The third-order valence-corrected chi connectivity index (χ3v) is 5.82. The highest BCUT2D eigenvalue weighted by Gasteiger charge is 2.47. The van der Waals surface area contributed by atoms with Crippen LogP contribution in [0.1, 0.15) is 36.9 Å². The molecule has 0 bridgehead atoms. The normalized spacial score (nSPS) is 22.8. The van der Waals surface area contributed by atoms with E-state index in [2.05, 4.69) is 4.98 Å². The molecule has 2 atom stereocenters. The number of carbonyl (C=O) groups is 2. The number of amides is 1. The number of hydrogen-bond acceptors (Lipinski definition) is 6. The summed E-state index contributed by atoms with van der Waals surface area (Å²) in [6.45, 7) is 3.17. The van der Waals surface area contributed by atoms with Gasteiger partial charge in [0.1, 0.15) is 11.5 Å². The Hall–Kier alpha value is -2.90. The van der Waals surface area contributed by atoms with Gasteiger partial charge in [-0.15, -0.1) is 0 Å². The maximum absolute atomic E-state index is 13.1. The lowest BCUT2D eigenvalue weighted by Crippen LogP contribution is -2.36. The molecule has 0 spiro atoms. The van der Waals surface area contributed by atoms with E-state index >= 15 is 0 Å². The van der Waals surface area contributed by atoms with Crippen molar-refractivity contribution in [3.8, 4) is 5.75 Å². The molecule has 2 aromatic rings. The van der Waals surface area contributed by atoms with Crippen molar-refractivity contribution in [1.29, 1.82) is 0 Å². The number of Topliss-reactive ketones (excluding diaryl/α,β-unsaturated/α-hetero) is 1. The Morgan fingerprint density at radius 1 is 1.29 bits per heavy atom. The molecule has 31 heavy (non-hydrogen) atoms. The molecule has 1 N–H and O–H groups in total. The van der Waals surface area contributed by atoms with E-state index < -0.39 is 17.7 Å². The van der Waals surface area contributed by atoms with Crippen LogP contribution in [-0.2, 0) is 14.3 Å². The summed E-state index contributed by atoms with van der Waals surface area (Å²) in [5.41, 5.74) is 0.900. The molecule has 2 saturated heterocycles. The van der Waals surface area contributed by atoms with Crippen LogP contribution in [0.5, 0.6) is 5.75 Å². The molecular formula is C23H23ClN2O5. The maximum atomic E-state index is 13.1. The fraction of sp³-hybridized carbons (Fsp3) is 0.348. The summed E-state index contributed by atoms with van der Waals surface area (Å²) in [5.74, 6) is -1.25. The van der Waals surface area contributed by atoms with Crippen molar-refractivity contribution < 1.29 is 24.2 Å². The summed E-state index contributed by atoms with van der Waals surface area (Å²) >= 11 is 6.33. The third-order valence-electron chi connectivity index (χ3n) is 5.49. The predicted octanol–water partition coefficient (Wildman–Crippen LogP) is 3.73. The number of aromatic nitrogens is 1. The second-order valence-electron chi connectivity index (χ2n) is 7.44. The van der Waals surface area contributed by atoms with Crippen LogP contribution in [0.3, 0.4) is 0 Å². The molecule has 162 valence electrons. The average molecular weight is 443 g/mol. The molecule has 4 rings (SSSR count). The lowest BCUT2D eigenvalue weighted by Gasteiger charge is -2.27. The average Bonchev–Trinajstić information content (AvgIpc) is 3.38. The van der Waals surface area contributed by atoms with Crippen molar-refractivity contribution in [2.24, 2.45) is 0 Å². The monoisotopic (exact) mass is 442 g/mol. The van der Waals surface area contributed by atoms with Crippen LogP contribution >= 0.6 is 11.6 Å². The molecule has 3 heterocycles. The molecule has 2 aliphatic rings. The van der Waals surface area contributed by atoms with Gasteiger partial charge in [0.15, 0.2) is 0 Å². The van der Waals surface area contributed by atoms with E-state index in [1.165, 1.54) is 4.90 Å². The van der Waals surface area contributed by atoms with Gasteiger partial charge in [-0.25, -0.2) is 0 Å². The van der Waals surface area contributed by atoms with E-state index in [4.69, 9.17) is 21.1 Å². The summed E-state index contributed by atoms with van der Waals surface area (Å²) < 4.78 is 11.2. The first-order chi connectivity index (χ1) is 15.0. The van der Waals surface area contributed by atoms with Crippen LogP contribution in [0.15, 0.2) is 48.3 Å². The topological polar surface area (TPSA) is 89.0 Å². The van der Waals surface area contributed by atoms with Gasteiger partial charge in [0.05, 0.1) is 29.3 Å². The van der Waals surface area contributed by atoms with Crippen molar-refractivity contribution in [3.05, 3.63) is 64.4 Å². The maximum Gasteiger partial charge on any atom is 0.295 e. The molecule has 1 aromatic carbocycles. The molecule has 8 heteroatoms. The lowest BCUT2D eigenvalue weighted by molar-refractivity contribution is -0.140. The second-order valence-corrected chi connectivity index (χ2v) is 7.85. The molecule has 1 amide bonds. The van der Waals surface area contributed by atoms with Crippen LogP contribution in [0.25, 0.3) is 5.76 Å². The molecule has 0 radical (unpaired) electrons. The largest absolute Gasteiger partial charge is 0.507 e. The summed E-state index contributed by atoms with van der Waals surface area (Å²) in [6, 6.07) is 7.52. The zero-order valence-electron chi connectivity index (χ0n) is 17.1. The number of pyridine rings is 1. The number of benzene rings is 1. The first-order valence-electron chi connectivity index (χ1n) is 10.2. The number of likely N-dealkylation sites (tertiary alicyclic amines) is 1. The van der Waals surface area contributed by atoms with E-state index in [1.807, 2.05) is 6.92 Å². The third kappa shape index (κ3) is 4.16. The minimum Gasteiger partial charge on any atom is -0.507 e. The number of rotatable bonds is 6. The van der Waals surface area contributed by atoms with Gasteiger partial charge in [-0.3, -0.25) is 14.6 Å². The first-order valence-corrected chi connectivity index (χ1v) is 10.6. The quantitative estimate of drug-likeness (QED) is 0.416. The number of halogens is 1. The molecule has 2 unspecified atom stereocenters. The van der Waals surface area contributed by atoms with Gasteiger partial charge < -0.3 is 19.5 Å². The van der Waals surface area contributed by atoms with Gasteiger partial charge in [0, 0.05) is 31.1 Å². The highest BCUT2D eigenvalue weighted by molar-refractivity contribution is 6.47. The number of hydrogen-bond donors (Lipinski definition) is 1. The number of aliphatic hydroxyl groups is 1. The van der Waals surface area contributed by atoms with Crippen molar-refractivity contribution in [1.82, 2.24) is 9.88 Å². The van der Waals surface area contributed by atoms with Gasteiger partial charge in [0.25, 0.3) is 11.7 Å². The molecule has 7 nitrogen and oxygen atoms in total. The summed E-state index contributed by atoms with van der Waals surface area (Å²) in [6.07, 6.45) is 4.75. The molecule has 1 aromatic heterocycles. The zero-order chi connectivity index (χ0) is 22.0. The van der Waals surface area contributed by atoms with E-state index in [-0.39, 0.29) is 34.6 Å². The second kappa shape index (κ2) is 9.08. The van der Waals surface area contributed by atoms with E-state index in [1.54, 1.807) is 42.7 Å². The molecule has 0 saturated carbocycles. The molecule has 2 fully saturated rings. The van der Waals surface area contributed by atoms with Crippen molar-refractivity contribution in [2.45, 2.75) is 31.9 Å². The van der Waals surface area contributed by atoms with Crippen molar-refractivity contribution in [3.63, 3.8) is 0 Å². The standard InChI is InChI=1S/C23H23ClN2O5/c1-2-30-15-5-6-18(24)17(12-15)21(27)19-20(14-7-9-25-10-8-14)26(23(29)22(19)28)13-16-4-3-11-31-16/h5-10,12,16,20,27H,2-4,11,13H2,1H3/b21-19+. The summed E-state index contributed by atoms with van der Waals surface area (Å²) in [5, 5.41) is 11.4. The van der Waals surface area contributed by atoms with E-state index in [9.17, 15) is 14.7 Å². The number of carbonyl (C=O) groups excluding carboxylic acids is 2. The molecule has 0 aliphatic carbocycles. The summed E-state index contributed by atoms with van der Waals surface area (Å²) in [4.78, 5) is 31.5. The fourth-order valence-electron chi connectivity index (χ4n) is 4.06. The molecule has 2 aliphatic heterocycles. The van der Waals surface area contributed by atoms with Gasteiger partial charge in [-0.1, -0.05) is 11.6 Å². The van der Waals surface area contributed by atoms with Crippen LogP contribution in [0, 0.1) is 0 Å². The number of ketones is 1. The fourth-order valence-corrected chi connectivity index (χ4v) is 4.26. The molecular weight excluding hydrogens is 420 g/mol. The summed E-state index contributed by atoms with van der Waals surface area (Å²) in [7, 11) is 0. The highest BCUT2D eigenvalue weighted by Crippen LogP contribution is 2.41. The Morgan fingerprint density at radius 2 is 2.06 bits per heavy atom. The van der Waals surface area contributed by atoms with Crippen molar-refractivity contribution in [2.75, 3.05) is 19.8 Å². The van der Waals surface area contributed by atoms with Crippen LogP contribution < -0.4 is 4.74 Å². The highest BCUT2D eigenvalue weighted by atomic mass is 35.5. The first kappa shape index (κ1) is 21.3. The Bertz CT molecular complexity index is 1020. The van der Waals surface area contributed by atoms with Crippen LogP contribution in [0.2, 0.25) is 5.02 Å². The van der Waals surface area contributed by atoms with Crippen LogP contribution in [-0.4, -0.2) is 52.5 Å². The predicted molar refractivity (Wildman–Crippen MR) is 115 cm³/mol. The minimum atomic E-state index is -0.765. The SMILES string of the molecule is CCOc1ccc(Cl)c(/C(O)=C2\C(=O)C(=O)N(CC3CCCO3)C2c2ccncc2)c1. The van der Waals surface area contributed by atoms with Gasteiger partial charge in [-0.2, -0.15) is 0 Å². The number of aliphatic hydroxyl groups excluding tert-OH is 1. The Balaban J connectivity index is 1.83. The number of nitrogens with zero attached hydrogens (tertiary/aromatic N) is 2. The van der Waals surface area contributed by atoms with E-state index in [0.717, 1.165) is 12.8 Å². The Labute approximate surface area is 185 Å². The van der Waals surface area contributed by atoms with Crippen molar-refractivity contribution >= 4 is 29.1 Å². The number of ether oxygens (including phenoxy) is 2. The lowest BCUT2D eigenvalue weighted by atomic mass is 9.95. The minimum absolute atomic E-state index is 0.00949. The smallest absolute Gasteiger partial charge is 0.295 e. The van der Waals surface area contributed by atoms with Gasteiger partial charge >= 0.3 is 0 Å². The van der Waals surface area contributed by atoms with Gasteiger partial charge in [0.2, 0.25) is 0 Å². The van der Waals surface area contributed by atoms with E-state index in [0.29, 0.717) is 24.5 Å². The zero-order valence-corrected chi connectivity index (χ0v) is 17.8. The Morgan fingerprint density at radius 3 is 2.74 bits per heavy atom. The van der Waals surface area contributed by atoms with Gasteiger partial charge in [-0.05, 0) is 55.7 Å². The Kier molecular flexibility index (Phi) is 6.25. The van der Waals surface area contributed by atoms with Crippen LogP contribution in [0.4, 0.5) is 0 Å².